The molecule has 4 aromatic rings. The van der Waals surface area contributed by atoms with Gasteiger partial charge in [-0.05, 0) is 49.4 Å². The number of allylic oxidation sites excluding steroid dienone is 3. The molecule has 0 spiro atoms. The predicted molar refractivity (Wildman–Crippen MR) is 141 cm³/mol. The summed E-state index contributed by atoms with van der Waals surface area (Å²) in [6, 6.07) is 14.0. The molecule has 2 aromatic carbocycles. The van der Waals surface area contributed by atoms with Crippen molar-refractivity contribution in [3.8, 4) is 11.5 Å². The number of benzene rings is 2. The number of hydrogen-bond donors (Lipinski definition) is 0. The monoisotopic (exact) mass is 484 g/mol. The third-order valence-corrected chi connectivity index (χ3v) is 7.14. The Kier molecular flexibility index (Phi) is 6.04. The highest BCUT2D eigenvalue weighted by Gasteiger charge is 2.36. The van der Waals surface area contributed by atoms with Crippen LogP contribution in [0.3, 0.4) is 0 Å². The lowest BCUT2D eigenvalue weighted by molar-refractivity contribution is 0.322. The van der Waals surface area contributed by atoms with Gasteiger partial charge in [0.15, 0.2) is 0 Å². The molecule has 184 valence electrons. The molecule has 0 fully saturated rings. The second kappa shape index (κ2) is 9.19. The van der Waals surface area contributed by atoms with Crippen LogP contribution in [0.2, 0.25) is 0 Å². The number of ether oxygens (including phenoxy) is 2. The zero-order chi connectivity index (χ0) is 25.4. The van der Waals surface area contributed by atoms with Crippen LogP contribution in [0.25, 0.3) is 28.0 Å². The average molecular weight is 485 g/mol. The van der Waals surface area contributed by atoms with Crippen molar-refractivity contribution in [1.82, 2.24) is 0 Å². The van der Waals surface area contributed by atoms with Crippen molar-refractivity contribution in [2.24, 2.45) is 5.41 Å². The zero-order valence-corrected chi connectivity index (χ0v) is 20.8. The Morgan fingerprint density at radius 2 is 1.50 bits per heavy atom. The van der Waals surface area contributed by atoms with E-state index in [1.807, 2.05) is 6.07 Å². The standard InChI is InChI=1S/C30H28O6/c1-18-9-11-30(2,12-10-21-14-19-5-7-28(31)35-25(19)16-24(21)33-3)23(13-18)22-15-20-6-8-29(32)36-26(20)17-27(22)34-4/h5-8,10,12-17,23H,9,11H2,1-4H3/b12-10+/t23-,30-/m1/s1. The quantitative estimate of drug-likeness (QED) is 0.239. The molecule has 1 aliphatic carbocycles. The van der Waals surface area contributed by atoms with Crippen LogP contribution < -0.4 is 20.7 Å². The van der Waals surface area contributed by atoms with E-state index in [9.17, 15) is 9.59 Å². The summed E-state index contributed by atoms with van der Waals surface area (Å²) < 4.78 is 22.1. The van der Waals surface area contributed by atoms with E-state index in [1.165, 1.54) is 17.7 Å². The Bertz CT molecular complexity index is 1640. The first-order valence-electron chi connectivity index (χ1n) is 11.9. The fourth-order valence-corrected chi connectivity index (χ4v) is 5.05. The predicted octanol–water partition coefficient (Wildman–Crippen LogP) is 6.46. The maximum absolute atomic E-state index is 11.7. The maximum atomic E-state index is 11.7. The molecule has 1 aliphatic rings. The van der Waals surface area contributed by atoms with Gasteiger partial charge in [0.1, 0.15) is 22.7 Å². The average Bonchev–Trinajstić information content (AvgIpc) is 2.87. The molecule has 0 radical (unpaired) electrons. The minimum absolute atomic E-state index is 0.0400. The Balaban J connectivity index is 1.61. The van der Waals surface area contributed by atoms with Gasteiger partial charge in [0, 0.05) is 52.1 Å². The van der Waals surface area contributed by atoms with Crippen LogP contribution in [0.5, 0.6) is 11.5 Å². The van der Waals surface area contributed by atoms with Crippen molar-refractivity contribution in [1.29, 1.82) is 0 Å². The van der Waals surface area contributed by atoms with Gasteiger partial charge in [-0.1, -0.05) is 30.7 Å². The molecule has 6 heteroatoms. The van der Waals surface area contributed by atoms with Crippen molar-refractivity contribution in [2.75, 3.05) is 14.2 Å². The van der Waals surface area contributed by atoms with E-state index in [0.717, 1.165) is 34.7 Å². The minimum atomic E-state index is -0.392. The van der Waals surface area contributed by atoms with Crippen LogP contribution >= 0.6 is 0 Å². The van der Waals surface area contributed by atoms with Gasteiger partial charge in [-0.3, -0.25) is 0 Å². The van der Waals surface area contributed by atoms with Gasteiger partial charge >= 0.3 is 11.3 Å². The highest BCUT2D eigenvalue weighted by atomic mass is 16.5. The van der Waals surface area contributed by atoms with Gasteiger partial charge in [0.2, 0.25) is 0 Å². The first-order chi connectivity index (χ1) is 17.3. The summed E-state index contributed by atoms with van der Waals surface area (Å²) in [6.07, 6.45) is 8.56. The van der Waals surface area contributed by atoms with E-state index < -0.39 is 5.63 Å². The van der Waals surface area contributed by atoms with E-state index in [0.29, 0.717) is 22.7 Å². The van der Waals surface area contributed by atoms with Crippen LogP contribution in [0.1, 0.15) is 43.7 Å². The SMILES string of the molecule is COc1cc2oc(=O)ccc2cc1/C=C/[C@@]1(C)CCC(C)=C[C@@H]1c1cc2ccc(=O)oc2cc1OC. The van der Waals surface area contributed by atoms with Gasteiger partial charge in [-0.15, -0.1) is 0 Å². The second-order valence-corrected chi connectivity index (χ2v) is 9.60. The van der Waals surface area contributed by atoms with E-state index in [-0.39, 0.29) is 17.0 Å². The molecule has 2 aromatic heterocycles. The summed E-state index contributed by atoms with van der Waals surface area (Å²) in [5.41, 5.74) is 3.26. The lowest BCUT2D eigenvalue weighted by Gasteiger charge is -2.38. The fraction of sp³-hybridized carbons (Fsp3) is 0.267. The zero-order valence-electron chi connectivity index (χ0n) is 20.8. The van der Waals surface area contributed by atoms with Crippen LogP contribution in [0, 0.1) is 5.41 Å². The molecule has 36 heavy (non-hydrogen) atoms. The van der Waals surface area contributed by atoms with Crippen molar-refractivity contribution < 1.29 is 18.3 Å². The summed E-state index contributed by atoms with van der Waals surface area (Å²) >= 11 is 0. The van der Waals surface area contributed by atoms with Crippen molar-refractivity contribution in [2.45, 2.75) is 32.6 Å². The Labute approximate surface area is 208 Å². The van der Waals surface area contributed by atoms with Gasteiger partial charge < -0.3 is 18.3 Å². The molecule has 2 heterocycles. The molecule has 0 saturated carbocycles. The fourth-order valence-electron chi connectivity index (χ4n) is 5.05. The van der Waals surface area contributed by atoms with E-state index in [2.05, 4.69) is 38.1 Å². The topological polar surface area (TPSA) is 78.9 Å². The van der Waals surface area contributed by atoms with Crippen molar-refractivity contribution >= 4 is 28.0 Å². The largest absolute Gasteiger partial charge is 0.496 e. The summed E-state index contributed by atoms with van der Waals surface area (Å²) in [7, 11) is 3.24. The third-order valence-electron chi connectivity index (χ3n) is 7.14. The number of hydrogen-bond acceptors (Lipinski definition) is 6. The first kappa shape index (κ1) is 23.7. The highest BCUT2D eigenvalue weighted by Crippen LogP contribution is 2.50. The van der Waals surface area contributed by atoms with E-state index >= 15 is 0 Å². The molecule has 0 unspecified atom stereocenters. The van der Waals surface area contributed by atoms with Gasteiger partial charge in [0.05, 0.1) is 14.2 Å². The summed E-state index contributed by atoms with van der Waals surface area (Å²) in [4.78, 5) is 23.4. The molecule has 0 saturated heterocycles. The maximum Gasteiger partial charge on any atom is 0.336 e. The molecule has 0 aliphatic heterocycles. The van der Waals surface area contributed by atoms with Crippen molar-refractivity contribution in [3.05, 3.63) is 98.2 Å². The molecule has 2 atom stereocenters. The lowest BCUT2D eigenvalue weighted by Crippen LogP contribution is -2.26. The summed E-state index contributed by atoms with van der Waals surface area (Å²) in [5.74, 6) is 1.36. The second-order valence-electron chi connectivity index (χ2n) is 9.60. The summed E-state index contributed by atoms with van der Waals surface area (Å²) in [6.45, 7) is 4.40. The van der Waals surface area contributed by atoms with Gasteiger partial charge in [0.25, 0.3) is 0 Å². The molecule has 0 amide bonds. The highest BCUT2D eigenvalue weighted by molar-refractivity contribution is 5.83. The Morgan fingerprint density at radius 3 is 2.14 bits per heavy atom. The summed E-state index contributed by atoms with van der Waals surface area (Å²) in [5, 5.41) is 1.68. The van der Waals surface area contributed by atoms with Crippen molar-refractivity contribution in [3.63, 3.8) is 0 Å². The first-order valence-corrected chi connectivity index (χ1v) is 11.9. The van der Waals surface area contributed by atoms with Crippen LogP contribution in [-0.4, -0.2) is 14.2 Å². The van der Waals surface area contributed by atoms with Crippen LogP contribution in [0.4, 0.5) is 0 Å². The number of fused-ring (bicyclic) bond motifs is 2. The third kappa shape index (κ3) is 4.35. The number of methoxy groups -OCH3 is 2. The van der Waals surface area contributed by atoms with Gasteiger partial charge in [-0.25, -0.2) is 9.59 Å². The molecule has 5 rings (SSSR count). The molecular formula is C30H28O6. The van der Waals surface area contributed by atoms with E-state index in [4.69, 9.17) is 18.3 Å². The smallest absolute Gasteiger partial charge is 0.336 e. The van der Waals surface area contributed by atoms with Crippen LogP contribution in [0.15, 0.2) is 84.7 Å². The van der Waals surface area contributed by atoms with Gasteiger partial charge in [-0.2, -0.15) is 0 Å². The number of rotatable bonds is 5. The minimum Gasteiger partial charge on any atom is -0.496 e. The Hall–Kier alpha value is -4.06. The molecule has 0 N–H and O–H groups in total. The lowest BCUT2D eigenvalue weighted by atomic mass is 9.66. The van der Waals surface area contributed by atoms with Crippen LogP contribution in [-0.2, 0) is 0 Å². The Morgan fingerprint density at radius 1 is 0.889 bits per heavy atom. The molecule has 0 bridgehead atoms. The molecule has 6 nitrogen and oxygen atoms in total. The van der Waals surface area contributed by atoms with E-state index in [1.54, 1.807) is 38.5 Å². The normalized spacial score (nSPS) is 20.1. The molecular weight excluding hydrogens is 456 g/mol.